The minimum Gasteiger partial charge on any atom is -0.303 e. The van der Waals surface area contributed by atoms with Crippen LogP contribution < -0.4 is 4.90 Å². The van der Waals surface area contributed by atoms with Crippen molar-refractivity contribution < 1.29 is 13.2 Å². The molecule has 0 atom stereocenters. The number of para-hydroxylation sites is 1. The van der Waals surface area contributed by atoms with Crippen LogP contribution in [0.25, 0.3) is 16.9 Å². The smallest absolute Gasteiger partial charge is 0.242 e. The fraction of sp³-hybridized carbons (Fsp3) is 0.118. The van der Waals surface area contributed by atoms with E-state index in [1.54, 1.807) is 35.0 Å². The van der Waals surface area contributed by atoms with Crippen molar-refractivity contribution in [1.82, 2.24) is 15.0 Å². The van der Waals surface area contributed by atoms with Gasteiger partial charge in [0.15, 0.2) is 9.84 Å². The van der Waals surface area contributed by atoms with Crippen LogP contribution in [0.2, 0.25) is 10.0 Å². The van der Waals surface area contributed by atoms with Crippen molar-refractivity contribution in [2.45, 2.75) is 11.4 Å². The van der Waals surface area contributed by atoms with Gasteiger partial charge in [-0.05, 0) is 24.3 Å². The summed E-state index contributed by atoms with van der Waals surface area (Å²) < 4.78 is 26.6. The Kier molecular flexibility index (Phi) is 3.43. The van der Waals surface area contributed by atoms with E-state index in [2.05, 4.69) is 10.3 Å². The number of carbonyl (C=O) groups excluding carboxylic acids is 1. The fourth-order valence-corrected chi connectivity index (χ4v) is 5.49. The van der Waals surface area contributed by atoms with E-state index in [-0.39, 0.29) is 11.4 Å². The number of amides is 1. The normalized spacial score (nSPS) is 16.8. The van der Waals surface area contributed by atoms with Gasteiger partial charge in [-0.1, -0.05) is 40.5 Å². The Morgan fingerprint density at radius 1 is 1.07 bits per heavy atom. The third-order valence-corrected chi connectivity index (χ3v) is 6.68. The summed E-state index contributed by atoms with van der Waals surface area (Å²) in [5.41, 5.74) is 2.73. The van der Waals surface area contributed by atoms with Gasteiger partial charge in [-0.25, -0.2) is 13.1 Å². The summed E-state index contributed by atoms with van der Waals surface area (Å²) in [7, 11) is -3.68. The van der Waals surface area contributed by atoms with Crippen LogP contribution in [0.15, 0.2) is 41.3 Å². The summed E-state index contributed by atoms with van der Waals surface area (Å²) in [4.78, 5) is 14.0. The average Bonchev–Trinajstić information content (AvgIpc) is 3.02. The lowest BCUT2D eigenvalue weighted by Gasteiger charge is -2.33. The Bertz CT molecular complexity index is 1230. The maximum absolute atomic E-state index is 12.5. The summed E-state index contributed by atoms with van der Waals surface area (Å²) in [6.45, 7) is 0.155. The minimum absolute atomic E-state index is 0.141. The highest BCUT2D eigenvalue weighted by Crippen LogP contribution is 2.45. The first-order valence-corrected chi connectivity index (χ1v) is 10.3. The Hall–Kier alpha value is -2.42. The lowest BCUT2D eigenvalue weighted by molar-refractivity contribution is -0.116. The second-order valence-electron chi connectivity index (χ2n) is 6.32. The molecule has 0 radical (unpaired) electrons. The number of hydrogen-bond donors (Lipinski definition) is 0. The zero-order valence-electron chi connectivity index (χ0n) is 13.6. The summed E-state index contributed by atoms with van der Waals surface area (Å²) >= 11 is 12.2. The first kappa shape index (κ1) is 16.7. The van der Waals surface area contributed by atoms with Crippen LogP contribution in [0, 0.1) is 0 Å². The molecule has 0 aliphatic carbocycles. The molecular weight excluding hydrogens is 411 g/mol. The van der Waals surface area contributed by atoms with Crippen molar-refractivity contribution >= 4 is 44.6 Å². The highest BCUT2D eigenvalue weighted by atomic mass is 35.5. The highest BCUT2D eigenvalue weighted by molar-refractivity contribution is 7.92. The zero-order chi connectivity index (χ0) is 18.9. The molecule has 0 N–H and O–H groups in total. The lowest BCUT2D eigenvalue weighted by atomic mass is 10.0. The van der Waals surface area contributed by atoms with Gasteiger partial charge >= 0.3 is 0 Å². The first-order chi connectivity index (χ1) is 12.8. The molecule has 7 nitrogen and oxygen atoms in total. The second kappa shape index (κ2) is 5.54. The topological polar surface area (TPSA) is 85.2 Å². The summed E-state index contributed by atoms with van der Waals surface area (Å²) in [5, 5.41) is 9.26. The Morgan fingerprint density at radius 3 is 2.56 bits per heavy atom. The third kappa shape index (κ3) is 2.40. The zero-order valence-corrected chi connectivity index (χ0v) is 15.9. The SMILES string of the molecule is O=C1CS(=O)(=O)c2cccc3c2N1Cc1nnn(-c2cc(Cl)cc(Cl)c2)c1-3. The average molecular weight is 421 g/mol. The Balaban J connectivity index is 1.82. The van der Waals surface area contributed by atoms with Crippen LogP contribution in [0.3, 0.4) is 0 Å². The lowest BCUT2D eigenvalue weighted by Crippen LogP contribution is -2.42. The molecule has 1 aromatic heterocycles. The van der Waals surface area contributed by atoms with E-state index in [1.807, 2.05) is 0 Å². The van der Waals surface area contributed by atoms with Gasteiger partial charge in [-0.15, -0.1) is 5.10 Å². The number of aromatic nitrogens is 3. The number of hydrogen-bond acceptors (Lipinski definition) is 5. The van der Waals surface area contributed by atoms with Gasteiger partial charge in [-0.2, -0.15) is 0 Å². The van der Waals surface area contributed by atoms with Crippen molar-refractivity contribution in [3.8, 4) is 16.9 Å². The summed E-state index contributed by atoms with van der Waals surface area (Å²) in [6.07, 6.45) is 0. The number of benzene rings is 2. The summed E-state index contributed by atoms with van der Waals surface area (Å²) in [5.74, 6) is -1.02. The maximum atomic E-state index is 12.5. The number of fused-ring (bicyclic) bond motifs is 2. The molecule has 2 aliphatic rings. The van der Waals surface area contributed by atoms with E-state index < -0.39 is 21.5 Å². The molecule has 27 heavy (non-hydrogen) atoms. The molecule has 10 heteroatoms. The van der Waals surface area contributed by atoms with Gasteiger partial charge in [0.2, 0.25) is 5.91 Å². The molecule has 0 unspecified atom stereocenters. The fourth-order valence-electron chi connectivity index (χ4n) is 3.53. The standard InChI is InChI=1S/C17H10Cl2N4O3S/c18-9-4-10(19)6-11(5-9)23-16-12-2-1-3-14-17(12)22(7-13(16)20-21-23)15(24)8-27(14,25)26/h1-6H,7-8H2. The van der Waals surface area contributed by atoms with E-state index >= 15 is 0 Å². The van der Waals surface area contributed by atoms with Gasteiger partial charge in [0.05, 0.1) is 22.8 Å². The quantitative estimate of drug-likeness (QED) is 0.603. The number of halogens is 2. The molecule has 136 valence electrons. The molecule has 5 rings (SSSR count). The molecular formula is C17H10Cl2N4O3S. The van der Waals surface area contributed by atoms with Crippen LogP contribution in [0.5, 0.6) is 0 Å². The van der Waals surface area contributed by atoms with Crippen molar-refractivity contribution in [3.05, 3.63) is 52.1 Å². The van der Waals surface area contributed by atoms with E-state index in [9.17, 15) is 13.2 Å². The predicted molar refractivity (Wildman–Crippen MR) is 100 cm³/mol. The van der Waals surface area contributed by atoms with Crippen molar-refractivity contribution in [2.75, 3.05) is 10.7 Å². The van der Waals surface area contributed by atoms with Gasteiger partial charge in [0.25, 0.3) is 0 Å². The van der Waals surface area contributed by atoms with E-state index in [1.165, 1.54) is 11.0 Å². The number of rotatable bonds is 1. The number of sulfone groups is 1. The molecule has 3 heterocycles. The van der Waals surface area contributed by atoms with Gasteiger partial charge in [0, 0.05) is 15.6 Å². The van der Waals surface area contributed by atoms with Crippen molar-refractivity contribution in [3.63, 3.8) is 0 Å². The van der Waals surface area contributed by atoms with E-state index in [0.29, 0.717) is 38.4 Å². The highest BCUT2D eigenvalue weighted by Gasteiger charge is 2.41. The predicted octanol–water partition coefficient (Wildman–Crippen LogP) is 2.88. The van der Waals surface area contributed by atoms with Gasteiger partial charge < -0.3 is 4.90 Å². The first-order valence-electron chi connectivity index (χ1n) is 7.93. The molecule has 0 bridgehead atoms. The molecule has 0 fully saturated rings. The molecule has 2 aliphatic heterocycles. The maximum Gasteiger partial charge on any atom is 0.242 e. The number of anilines is 1. The Labute approximate surface area is 164 Å². The second-order valence-corrected chi connectivity index (χ2v) is 9.15. The molecule has 1 amide bonds. The number of carbonyl (C=O) groups is 1. The molecule has 3 aromatic rings. The van der Waals surface area contributed by atoms with Crippen LogP contribution in [0.4, 0.5) is 5.69 Å². The number of nitrogens with zero attached hydrogens (tertiary/aromatic N) is 4. The van der Waals surface area contributed by atoms with Gasteiger partial charge in [-0.3, -0.25) is 4.79 Å². The molecule has 0 spiro atoms. The molecule has 2 aromatic carbocycles. The van der Waals surface area contributed by atoms with E-state index in [0.717, 1.165) is 0 Å². The minimum atomic E-state index is -3.68. The van der Waals surface area contributed by atoms with Crippen LogP contribution >= 0.6 is 23.2 Å². The molecule has 0 saturated carbocycles. The van der Waals surface area contributed by atoms with E-state index in [4.69, 9.17) is 23.2 Å². The third-order valence-electron chi connectivity index (χ3n) is 4.61. The van der Waals surface area contributed by atoms with Crippen LogP contribution in [-0.2, 0) is 21.2 Å². The van der Waals surface area contributed by atoms with Crippen LogP contribution in [0.1, 0.15) is 5.69 Å². The Morgan fingerprint density at radius 2 is 1.81 bits per heavy atom. The van der Waals surface area contributed by atoms with Crippen molar-refractivity contribution in [1.29, 1.82) is 0 Å². The van der Waals surface area contributed by atoms with Gasteiger partial charge in [0.1, 0.15) is 17.1 Å². The van der Waals surface area contributed by atoms with Crippen molar-refractivity contribution in [2.24, 2.45) is 0 Å². The van der Waals surface area contributed by atoms with Crippen LogP contribution in [-0.4, -0.2) is 35.1 Å². The summed E-state index contributed by atoms with van der Waals surface area (Å²) in [6, 6.07) is 9.90. The monoisotopic (exact) mass is 420 g/mol. The largest absolute Gasteiger partial charge is 0.303 e. The molecule has 0 saturated heterocycles.